The maximum atomic E-state index is 12.9. The van der Waals surface area contributed by atoms with Crippen LogP contribution < -0.4 is 5.32 Å². The monoisotopic (exact) mass is 380 g/mol. The Balaban J connectivity index is 1.66. The summed E-state index contributed by atoms with van der Waals surface area (Å²) in [5, 5.41) is 11.7. The van der Waals surface area contributed by atoms with Crippen molar-refractivity contribution in [1.82, 2.24) is 4.90 Å². The second kappa shape index (κ2) is 8.25. The summed E-state index contributed by atoms with van der Waals surface area (Å²) in [6.07, 6.45) is 1.41. The molecule has 2 N–H and O–H groups in total. The van der Waals surface area contributed by atoms with Crippen LogP contribution in [0.2, 0.25) is 0 Å². The van der Waals surface area contributed by atoms with E-state index < -0.39 is 11.4 Å². The van der Waals surface area contributed by atoms with Gasteiger partial charge in [-0.2, -0.15) is 0 Å². The van der Waals surface area contributed by atoms with E-state index in [1.807, 2.05) is 25.1 Å². The minimum atomic E-state index is -0.894. The summed E-state index contributed by atoms with van der Waals surface area (Å²) in [5.74, 6) is -1.09. The van der Waals surface area contributed by atoms with Gasteiger partial charge in [-0.05, 0) is 49.6 Å². The molecule has 1 fully saturated rings. The Labute approximate surface area is 164 Å². The fraction of sp³-hybridized carbons (Fsp3) is 0.318. The van der Waals surface area contributed by atoms with Crippen LogP contribution in [0.15, 0.2) is 54.6 Å². The normalized spacial score (nSPS) is 19.1. The lowest BCUT2D eigenvalue weighted by molar-refractivity contribution is -0.136. The number of hydrogen-bond donors (Lipinski definition) is 2. The second-order valence-electron chi connectivity index (χ2n) is 7.48. The van der Waals surface area contributed by atoms with Gasteiger partial charge in [-0.25, -0.2) is 0 Å². The van der Waals surface area contributed by atoms with Crippen molar-refractivity contribution in [3.63, 3.8) is 0 Å². The zero-order valence-electron chi connectivity index (χ0n) is 15.9. The number of piperidine rings is 1. The predicted octanol–water partition coefficient (Wildman–Crippen LogP) is 3.19. The van der Waals surface area contributed by atoms with Crippen LogP contribution in [0.3, 0.4) is 0 Å². The number of carbonyl (C=O) groups excluding carboxylic acids is 2. The molecule has 0 radical (unpaired) electrons. The summed E-state index contributed by atoms with van der Waals surface area (Å²) in [6.45, 7) is 2.88. The minimum Gasteiger partial charge on any atom is -0.481 e. The van der Waals surface area contributed by atoms with Crippen molar-refractivity contribution in [2.75, 3.05) is 18.4 Å². The molecule has 3 rings (SSSR count). The molecule has 2 aromatic rings. The van der Waals surface area contributed by atoms with Gasteiger partial charge in [0.15, 0.2) is 0 Å². The van der Waals surface area contributed by atoms with Gasteiger partial charge in [0.05, 0.1) is 11.8 Å². The predicted molar refractivity (Wildman–Crippen MR) is 106 cm³/mol. The number of rotatable bonds is 5. The highest BCUT2D eigenvalue weighted by atomic mass is 16.4. The summed E-state index contributed by atoms with van der Waals surface area (Å²) < 4.78 is 0. The zero-order valence-corrected chi connectivity index (χ0v) is 15.9. The van der Waals surface area contributed by atoms with Crippen molar-refractivity contribution >= 4 is 23.5 Å². The summed E-state index contributed by atoms with van der Waals surface area (Å²) in [7, 11) is 0. The maximum Gasteiger partial charge on any atom is 0.307 e. The molecule has 146 valence electrons. The molecule has 28 heavy (non-hydrogen) atoms. The van der Waals surface area contributed by atoms with E-state index in [1.165, 1.54) is 0 Å². The number of carboxylic acids is 1. The Morgan fingerprint density at radius 1 is 1.07 bits per heavy atom. The molecule has 0 saturated carbocycles. The average Bonchev–Trinajstić information content (AvgIpc) is 2.69. The molecule has 0 spiro atoms. The van der Waals surface area contributed by atoms with E-state index in [-0.39, 0.29) is 18.2 Å². The van der Waals surface area contributed by atoms with Crippen molar-refractivity contribution in [3.05, 3.63) is 65.7 Å². The van der Waals surface area contributed by atoms with Crippen LogP contribution >= 0.6 is 0 Å². The number of hydrogen-bond acceptors (Lipinski definition) is 3. The Kier molecular flexibility index (Phi) is 5.78. The van der Waals surface area contributed by atoms with Crippen LogP contribution in [0.1, 0.15) is 35.7 Å². The molecular weight excluding hydrogens is 356 g/mol. The molecular formula is C22H24N2O4. The van der Waals surface area contributed by atoms with Gasteiger partial charge < -0.3 is 15.3 Å². The van der Waals surface area contributed by atoms with Gasteiger partial charge in [-0.1, -0.05) is 30.3 Å². The van der Waals surface area contributed by atoms with E-state index in [0.717, 1.165) is 6.42 Å². The molecule has 6 nitrogen and oxygen atoms in total. The molecule has 1 unspecified atom stereocenters. The van der Waals surface area contributed by atoms with Gasteiger partial charge >= 0.3 is 5.97 Å². The summed E-state index contributed by atoms with van der Waals surface area (Å²) >= 11 is 0. The summed E-state index contributed by atoms with van der Waals surface area (Å²) in [5.41, 5.74) is 1.24. The summed E-state index contributed by atoms with van der Waals surface area (Å²) in [6, 6.07) is 15.9. The highest BCUT2D eigenvalue weighted by Gasteiger charge is 2.39. The fourth-order valence-corrected chi connectivity index (χ4v) is 3.52. The van der Waals surface area contributed by atoms with E-state index >= 15 is 0 Å². The largest absolute Gasteiger partial charge is 0.481 e. The Morgan fingerprint density at radius 2 is 1.75 bits per heavy atom. The third-order valence-corrected chi connectivity index (χ3v) is 5.12. The number of carboxylic acid groups (broad SMARTS) is 1. The van der Waals surface area contributed by atoms with Crippen molar-refractivity contribution < 1.29 is 19.5 Å². The molecule has 1 saturated heterocycles. The van der Waals surface area contributed by atoms with Gasteiger partial charge in [0.25, 0.3) is 5.91 Å². The van der Waals surface area contributed by atoms with E-state index in [9.17, 15) is 14.4 Å². The van der Waals surface area contributed by atoms with Crippen molar-refractivity contribution in [1.29, 1.82) is 0 Å². The quantitative estimate of drug-likeness (QED) is 0.834. The van der Waals surface area contributed by atoms with Gasteiger partial charge in [0, 0.05) is 24.3 Å². The first-order valence-electron chi connectivity index (χ1n) is 9.34. The molecule has 6 heteroatoms. The number of amides is 2. The second-order valence-corrected chi connectivity index (χ2v) is 7.48. The number of nitrogens with one attached hydrogen (secondary N) is 1. The summed E-state index contributed by atoms with van der Waals surface area (Å²) in [4.78, 5) is 38.2. The van der Waals surface area contributed by atoms with Gasteiger partial charge in [-0.15, -0.1) is 0 Å². The third kappa shape index (κ3) is 4.57. The van der Waals surface area contributed by atoms with Crippen LogP contribution in [0.4, 0.5) is 5.69 Å². The SMILES string of the molecule is CC1(C(=O)Nc2ccc(CC(=O)O)cc2)CCCN(C(=O)c2ccccc2)C1. The van der Waals surface area contributed by atoms with Crippen molar-refractivity contribution in [2.45, 2.75) is 26.2 Å². The number of anilines is 1. The molecule has 2 aromatic carbocycles. The third-order valence-electron chi connectivity index (χ3n) is 5.12. The van der Waals surface area contributed by atoms with Crippen LogP contribution in [-0.4, -0.2) is 40.9 Å². The highest BCUT2D eigenvalue weighted by Crippen LogP contribution is 2.31. The number of benzene rings is 2. The lowest BCUT2D eigenvalue weighted by Crippen LogP contribution is -2.50. The number of aliphatic carboxylic acids is 1. The molecule has 1 heterocycles. The maximum absolute atomic E-state index is 12.9. The van der Waals surface area contributed by atoms with Crippen LogP contribution in [0, 0.1) is 5.41 Å². The molecule has 1 atom stereocenters. The van der Waals surface area contributed by atoms with Crippen molar-refractivity contribution in [3.8, 4) is 0 Å². The molecule has 0 aliphatic carbocycles. The standard InChI is InChI=1S/C22H24N2O4/c1-22(21(28)23-18-10-8-16(9-11-18)14-19(25)26)12-5-13-24(15-22)20(27)17-6-3-2-4-7-17/h2-4,6-11H,5,12-15H2,1H3,(H,23,28)(H,25,26). The van der Waals surface area contributed by atoms with Crippen LogP contribution in [-0.2, 0) is 16.0 Å². The Hall–Kier alpha value is -3.15. The smallest absolute Gasteiger partial charge is 0.307 e. The topological polar surface area (TPSA) is 86.7 Å². The van der Waals surface area contributed by atoms with E-state index in [1.54, 1.807) is 41.3 Å². The Morgan fingerprint density at radius 3 is 2.39 bits per heavy atom. The van der Waals surface area contributed by atoms with E-state index in [2.05, 4.69) is 5.32 Å². The minimum absolute atomic E-state index is 0.0531. The lowest BCUT2D eigenvalue weighted by atomic mass is 9.80. The van der Waals surface area contributed by atoms with Gasteiger partial charge in [0.1, 0.15) is 0 Å². The average molecular weight is 380 g/mol. The molecule has 2 amide bonds. The van der Waals surface area contributed by atoms with Gasteiger partial charge in [0.2, 0.25) is 5.91 Å². The first-order chi connectivity index (χ1) is 13.4. The van der Waals surface area contributed by atoms with Crippen molar-refractivity contribution in [2.24, 2.45) is 5.41 Å². The van der Waals surface area contributed by atoms with Crippen LogP contribution in [0.5, 0.6) is 0 Å². The van der Waals surface area contributed by atoms with Crippen LogP contribution in [0.25, 0.3) is 0 Å². The molecule has 0 aromatic heterocycles. The molecule has 0 bridgehead atoms. The highest BCUT2D eigenvalue weighted by molar-refractivity contribution is 5.97. The first-order valence-corrected chi connectivity index (χ1v) is 9.34. The molecule has 1 aliphatic rings. The zero-order chi connectivity index (χ0) is 20.1. The van der Waals surface area contributed by atoms with E-state index in [4.69, 9.17) is 5.11 Å². The lowest BCUT2D eigenvalue weighted by Gasteiger charge is -2.39. The first kappa shape index (κ1) is 19.6. The number of nitrogens with zero attached hydrogens (tertiary/aromatic N) is 1. The number of likely N-dealkylation sites (tertiary alicyclic amines) is 1. The Bertz CT molecular complexity index is 864. The van der Waals surface area contributed by atoms with Gasteiger partial charge in [-0.3, -0.25) is 14.4 Å². The molecule has 1 aliphatic heterocycles. The fourth-order valence-electron chi connectivity index (χ4n) is 3.52. The van der Waals surface area contributed by atoms with E-state index in [0.29, 0.717) is 36.3 Å². The number of carbonyl (C=O) groups is 3.